The topological polar surface area (TPSA) is 68.3 Å². The molecule has 1 atom stereocenters. The molecule has 2 aromatic rings. The fourth-order valence-electron chi connectivity index (χ4n) is 1.57. The number of rotatable bonds is 5. The van der Waals surface area contributed by atoms with Crippen molar-refractivity contribution in [3.8, 4) is 0 Å². The summed E-state index contributed by atoms with van der Waals surface area (Å²) in [7, 11) is 0. The molecule has 0 saturated carbocycles. The van der Waals surface area contributed by atoms with E-state index in [1.165, 1.54) is 30.5 Å². The largest absolute Gasteiger partial charge is 0.452 e. The van der Waals surface area contributed by atoms with E-state index in [1.807, 2.05) is 17.5 Å². The first-order valence-electron chi connectivity index (χ1n) is 6.29. The van der Waals surface area contributed by atoms with E-state index in [9.17, 15) is 9.59 Å². The summed E-state index contributed by atoms with van der Waals surface area (Å²) >= 11 is 13.1. The van der Waals surface area contributed by atoms with E-state index in [1.54, 1.807) is 0 Å². The normalized spacial score (nSPS) is 11.8. The van der Waals surface area contributed by atoms with Crippen molar-refractivity contribution in [3.05, 3.63) is 44.7 Å². The number of carbonyl (C=O) groups excluding carboxylic acids is 2. The lowest BCUT2D eigenvalue weighted by Gasteiger charge is -2.13. The van der Waals surface area contributed by atoms with Gasteiger partial charge in [0.05, 0.1) is 16.5 Å². The molecule has 1 amide bonds. The highest BCUT2D eigenvalue weighted by molar-refractivity contribution is 7.10. The Morgan fingerprint density at radius 1 is 1.45 bits per heavy atom. The van der Waals surface area contributed by atoms with E-state index in [4.69, 9.17) is 27.9 Å². The molecule has 2 aromatic heterocycles. The summed E-state index contributed by atoms with van der Waals surface area (Å²) in [4.78, 5) is 28.5. The fourth-order valence-corrected chi connectivity index (χ4v) is 2.69. The lowest BCUT2D eigenvalue weighted by molar-refractivity contribution is -0.152. The molecule has 0 spiro atoms. The molecule has 8 heteroatoms. The van der Waals surface area contributed by atoms with Crippen LogP contribution in [-0.2, 0) is 20.7 Å². The molecule has 0 radical (unpaired) electrons. The Morgan fingerprint density at radius 2 is 2.23 bits per heavy atom. The van der Waals surface area contributed by atoms with Gasteiger partial charge in [-0.1, -0.05) is 29.3 Å². The SMILES string of the molecule is C[C@H](OC(=O)Cc1cccs1)C(=O)Nc1ncc(Cl)cc1Cl. The first kappa shape index (κ1) is 16.7. The van der Waals surface area contributed by atoms with E-state index < -0.39 is 18.0 Å². The molecule has 5 nitrogen and oxygen atoms in total. The van der Waals surface area contributed by atoms with Crippen LogP contribution in [0.3, 0.4) is 0 Å². The predicted octanol–water partition coefficient (Wildman–Crippen LogP) is 3.56. The maximum atomic E-state index is 12.0. The van der Waals surface area contributed by atoms with Crippen LogP contribution in [0.2, 0.25) is 10.0 Å². The van der Waals surface area contributed by atoms with E-state index in [0.29, 0.717) is 5.02 Å². The number of nitrogens with zero attached hydrogens (tertiary/aromatic N) is 1. The minimum atomic E-state index is -0.957. The van der Waals surface area contributed by atoms with Gasteiger partial charge in [0.25, 0.3) is 5.91 Å². The molecule has 0 aliphatic rings. The van der Waals surface area contributed by atoms with Crippen LogP contribution in [0.25, 0.3) is 0 Å². The number of amides is 1. The second-order valence-corrected chi connectivity index (χ2v) is 6.24. The molecule has 0 bridgehead atoms. The van der Waals surface area contributed by atoms with Gasteiger partial charge < -0.3 is 10.1 Å². The number of ether oxygens (including phenoxy) is 1. The number of esters is 1. The smallest absolute Gasteiger partial charge is 0.311 e. The molecular weight excluding hydrogens is 347 g/mol. The first-order chi connectivity index (χ1) is 10.5. The maximum absolute atomic E-state index is 12.0. The van der Waals surface area contributed by atoms with Crippen LogP contribution in [0.4, 0.5) is 5.82 Å². The molecule has 0 fully saturated rings. The third-order valence-corrected chi connectivity index (χ3v) is 4.00. The minimum Gasteiger partial charge on any atom is -0.452 e. The van der Waals surface area contributed by atoms with Gasteiger partial charge in [-0.3, -0.25) is 9.59 Å². The van der Waals surface area contributed by atoms with E-state index in [0.717, 1.165) is 4.88 Å². The molecule has 2 rings (SSSR count). The Morgan fingerprint density at radius 3 is 2.86 bits per heavy atom. The number of hydrogen-bond donors (Lipinski definition) is 1. The Bertz CT molecular complexity index is 677. The first-order valence-corrected chi connectivity index (χ1v) is 7.93. The lowest BCUT2D eigenvalue weighted by Crippen LogP contribution is -2.30. The van der Waals surface area contributed by atoms with Crippen LogP contribution in [0, 0.1) is 0 Å². The zero-order valence-electron chi connectivity index (χ0n) is 11.5. The van der Waals surface area contributed by atoms with E-state index >= 15 is 0 Å². The van der Waals surface area contributed by atoms with Crippen molar-refractivity contribution >= 4 is 52.2 Å². The van der Waals surface area contributed by atoms with Crippen LogP contribution < -0.4 is 5.32 Å². The van der Waals surface area contributed by atoms with Crippen LogP contribution in [0.15, 0.2) is 29.8 Å². The molecule has 1 N–H and O–H groups in total. The van der Waals surface area contributed by atoms with Gasteiger partial charge in [-0.05, 0) is 24.4 Å². The average Bonchev–Trinajstić information content (AvgIpc) is 2.94. The lowest BCUT2D eigenvalue weighted by atomic mass is 10.3. The quantitative estimate of drug-likeness (QED) is 0.829. The number of halogens is 2. The molecule has 22 heavy (non-hydrogen) atoms. The second-order valence-electron chi connectivity index (χ2n) is 4.36. The van der Waals surface area contributed by atoms with Gasteiger partial charge in [-0.2, -0.15) is 0 Å². The highest BCUT2D eigenvalue weighted by atomic mass is 35.5. The van der Waals surface area contributed by atoms with Crippen LogP contribution >= 0.6 is 34.5 Å². The third-order valence-electron chi connectivity index (χ3n) is 2.63. The zero-order chi connectivity index (χ0) is 16.1. The molecular formula is C14H12Cl2N2O3S. The predicted molar refractivity (Wildman–Crippen MR) is 86.5 cm³/mol. The average molecular weight is 359 g/mol. The number of carbonyl (C=O) groups is 2. The summed E-state index contributed by atoms with van der Waals surface area (Å²) in [6, 6.07) is 5.13. The van der Waals surface area contributed by atoms with Crippen molar-refractivity contribution in [1.29, 1.82) is 0 Å². The summed E-state index contributed by atoms with van der Waals surface area (Å²) < 4.78 is 5.08. The van der Waals surface area contributed by atoms with Crippen LogP contribution in [0.1, 0.15) is 11.8 Å². The van der Waals surface area contributed by atoms with Crippen molar-refractivity contribution in [1.82, 2.24) is 4.98 Å². The number of pyridine rings is 1. The van der Waals surface area contributed by atoms with Gasteiger partial charge in [-0.25, -0.2) is 4.98 Å². The number of nitrogens with one attached hydrogen (secondary N) is 1. The highest BCUT2D eigenvalue weighted by Crippen LogP contribution is 2.22. The molecule has 0 unspecified atom stereocenters. The maximum Gasteiger partial charge on any atom is 0.311 e. The van der Waals surface area contributed by atoms with Gasteiger partial charge >= 0.3 is 5.97 Å². The summed E-state index contributed by atoms with van der Waals surface area (Å²) in [5.74, 6) is -0.825. The summed E-state index contributed by atoms with van der Waals surface area (Å²) in [5, 5.41) is 4.92. The number of anilines is 1. The monoisotopic (exact) mass is 358 g/mol. The number of thiophene rings is 1. The fraction of sp³-hybridized carbons (Fsp3) is 0.214. The van der Waals surface area contributed by atoms with E-state index in [-0.39, 0.29) is 17.3 Å². The Kier molecular flexibility index (Phi) is 5.76. The van der Waals surface area contributed by atoms with Crippen LogP contribution in [0.5, 0.6) is 0 Å². The molecule has 0 aromatic carbocycles. The molecule has 0 aliphatic heterocycles. The van der Waals surface area contributed by atoms with Gasteiger partial charge in [0.2, 0.25) is 0 Å². The zero-order valence-corrected chi connectivity index (χ0v) is 13.8. The van der Waals surface area contributed by atoms with Crippen molar-refractivity contribution in [3.63, 3.8) is 0 Å². The van der Waals surface area contributed by atoms with Crippen molar-refractivity contribution in [2.45, 2.75) is 19.4 Å². The van der Waals surface area contributed by atoms with Crippen molar-refractivity contribution in [2.24, 2.45) is 0 Å². The highest BCUT2D eigenvalue weighted by Gasteiger charge is 2.19. The molecule has 2 heterocycles. The Hall–Kier alpha value is -1.63. The van der Waals surface area contributed by atoms with E-state index in [2.05, 4.69) is 10.3 Å². The molecule has 0 aliphatic carbocycles. The summed E-state index contributed by atoms with van der Waals surface area (Å²) in [6.45, 7) is 1.48. The van der Waals surface area contributed by atoms with Gasteiger partial charge in [0.1, 0.15) is 0 Å². The Balaban J connectivity index is 1.90. The Labute approximate surface area is 141 Å². The van der Waals surface area contributed by atoms with Crippen LogP contribution in [-0.4, -0.2) is 23.0 Å². The van der Waals surface area contributed by atoms with Gasteiger partial charge in [0, 0.05) is 11.1 Å². The molecule has 0 saturated heterocycles. The van der Waals surface area contributed by atoms with Gasteiger partial charge in [-0.15, -0.1) is 11.3 Å². The van der Waals surface area contributed by atoms with Crippen molar-refractivity contribution in [2.75, 3.05) is 5.32 Å². The number of aromatic nitrogens is 1. The molecule has 116 valence electrons. The third kappa shape index (κ3) is 4.69. The summed E-state index contributed by atoms with van der Waals surface area (Å²) in [6.07, 6.45) is 0.534. The minimum absolute atomic E-state index is 0.134. The standard InChI is InChI=1S/C14H12Cl2N2O3S/c1-8(21-12(19)6-10-3-2-4-22-10)14(20)18-13-11(16)5-9(15)7-17-13/h2-5,7-8H,6H2,1H3,(H,17,18,20)/t8-/m0/s1. The van der Waals surface area contributed by atoms with Crippen molar-refractivity contribution < 1.29 is 14.3 Å². The summed E-state index contributed by atoms with van der Waals surface area (Å²) in [5.41, 5.74) is 0. The second kappa shape index (κ2) is 7.58. The van der Waals surface area contributed by atoms with Gasteiger partial charge in [0.15, 0.2) is 11.9 Å². The number of hydrogen-bond acceptors (Lipinski definition) is 5.